The molecule has 0 amide bonds. The van der Waals surface area contributed by atoms with Gasteiger partial charge in [-0.3, -0.25) is 4.90 Å². The van der Waals surface area contributed by atoms with Crippen LogP contribution in [0.2, 0.25) is 5.02 Å². The first-order valence-electron chi connectivity index (χ1n) is 7.52. The molecule has 0 bridgehead atoms. The molecule has 5 heteroatoms. The maximum atomic E-state index is 8.87. The third-order valence-corrected chi connectivity index (χ3v) is 4.22. The minimum absolute atomic E-state index is 0.297. The van der Waals surface area contributed by atoms with Gasteiger partial charge in [0.05, 0.1) is 22.3 Å². The fourth-order valence-electron chi connectivity index (χ4n) is 2.67. The van der Waals surface area contributed by atoms with Crippen molar-refractivity contribution in [1.82, 2.24) is 4.90 Å². The van der Waals surface area contributed by atoms with Crippen LogP contribution in [0, 0.1) is 11.3 Å². The van der Waals surface area contributed by atoms with E-state index in [9.17, 15) is 0 Å². The van der Waals surface area contributed by atoms with E-state index in [1.54, 1.807) is 6.07 Å². The van der Waals surface area contributed by atoms with Gasteiger partial charge in [0, 0.05) is 32.8 Å². The molecule has 1 N–H and O–H groups in total. The number of aliphatic hydroxyl groups excluding tert-OH is 1. The largest absolute Gasteiger partial charge is 0.396 e. The van der Waals surface area contributed by atoms with Gasteiger partial charge in [0.15, 0.2) is 0 Å². The van der Waals surface area contributed by atoms with Crippen LogP contribution in [0.25, 0.3) is 0 Å². The van der Waals surface area contributed by atoms with Crippen molar-refractivity contribution in [3.63, 3.8) is 0 Å². The van der Waals surface area contributed by atoms with Crippen molar-refractivity contribution >= 4 is 17.3 Å². The molecule has 1 aliphatic heterocycles. The first kappa shape index (κ1) is 16.1. The summed E-state index contributed by atoms with van der Waals surface area (Å²) in [5.41, 5.74) is 1.63. The molecule has 1 saturated heterocycles. The predicted octanol–water partition coefficient (Wildman–Crippen LogP) is 2.50. The Hall–Kier alpha value is -1.28. The molecule has 0 aliphatic carbocycles. The molecule has 21 heavy (non-hydrogen) atoms. The lowest BCUT2D eigenvalue weighted by Gasteiger charge is -2.36. The highest BCUT2D eigenvalue weighted by molar-refractivity contribution is 6.33. The van der Waals surface area contributed by atoms with Gasteiger partial charge in [0.2, 0.25) is 0 Å². The Kier molecular flexibility index (Phi) is 6.31. The van der Waals surface area contributed by atoms with E-state index in [1.165, 1.54) is 0 Å². The molecule has 1 aromatic carbocycles. The topological polar surface area (TPSA) is 50.5 Å². The second kappa shape index (κ2) is 8.23. The number of rotatable bonds is 6. The van der Waals surface area contributed by atoms with Crippen LogP contribution in [0.5, 0.6) is 0 Å². The highest BCUT2D eigenvalue weighted by Crippen LogP contribution is 2.27. The van der Waals surface area contributed by atoms with Gasteiger partial charge in [-0.15, -0.1) is 0 Å². The van der Waals surface area contributed by atoms with Crippen LogP contribution >= 0.6 is 11.6 Å². The molecule has 114 valence electrons. The minimum atomic E-state index is 0.297. The molecule has 0 atom stereocenters. The average Bonchev–Trinajstić information content (AvgIpc) is 2.52. The summed E-state index contributed by atoms with van der Waals surface area (Å²) < 4.78 is 0. The fraction of sp³-hybridized carbons (Fsp3) is 0.562. The maximum Gasteiger partial charge on any atom is 0.0992 e. The number of benzene rings is 1. The lowest BCUT2D eigenvalue weighted by atomic mass is 10.2. The Labute approximate surface area is 131 Å². The fourth-order valence-corrected chi connectivity index (χ4v) is 2.97. The molecule has 0 aromatic heterocycles. The zero-order valence-corrected chi connectivity index (χ0v) is 13.0. The van der Waals surface area contributed by atoms with E-state index in [-0.39, 0.29) is 0 Å². The summed E-state index contributed by atoms with van der Waals surface area (Å²) in [6.45, 7) is 5.40. The van der Waals surface area contributed by atoms with Gasteiger partial charge in [-0.05, 0) is 44.0 Å². The number of halogens is 1. The second-order valence-corrected chi connectivity index (χ2v) is 5.80. The zero-order valence-electron chi connectivity index (χ0n) is 12.3. The average molecular weight is 308 g/mol. The SMILES string of the molecule is N#Cc1ccc(N2CCN(CCCCCO)CC2)c(Cl)c1. The summed E-state index contributed by atoms with van der Waals surface area (Å²) in [7, 11) is 0. The lowest BCUT2D eigenvalue weighted by molar-refractivity contribution is 0.242. The Bertz CT molecular complexity index is 493. The van der Waals surface area contributed by atoms with Crippen LogP contribution in [0.4, 0.5) is 5.69 Å². The number of nitrogens with zero attached hydrogens (tertiary/aromatic N) is 3. The monoisotopic (exact) mass is 307 g/mol. The third-order valence-electron chi connectivity index (χ3n) is 3.92. The molecule has 2 rings (SSSR count). The highest BCUT2D eigenvalue weighted by Gasteiger charge is 2.18. The van der Waals surface area contributed by atoms with Crippen LogP contribution in [-0.4, -0.2) is 49.3 Å². The van der Waals surface area contributed by atoms with Crippen LogP contribution in [0.1, 0.15) is 24.8 Å². The van der Waals surface area contributed by atoms with Gasteiger partial charge in [0.25, 0.3) is 0 Å². The number of unbranched alkanes of at least 4 members (excludes halogenated alkanes) is 2. The smallest absolute Gasteiger partial charge is 0.0992 e. The lowest BCUT2D eigenvalue weighted by Crippen LogP contribution is -2.46. The molecular formula is C16H22ClN3O. The summed E-state index contributed by atoms with van der Waals surface area (Å²) in [4.78, 5) is 4.75. The van der Waals surface area contributed by atoms with Crippen molar-refractivity contribution in [2.75, 3.05) is 44.2 Å². The van der Waals surface area contributed by atoms with E-state index in [0.717, 1.165) is 57.7 Å². The van der Waals surface area contributed by atoms with E-state index in [0.29, 0.717) is 17.2 Å². The van der Waals surface area contributed by atoms with Crippen molar-refractivity contribution in [3.05, 3.63) is 28.8 Å². The summed E-state index contributed by atoms with van der Waals surface area (Å²) >= 11 is 6.27. The number of nitriles is 1. The molecule has 1 aliphatic rings. The van der Waals surface area contributed by atoms with Crippen molar-refractivity contribution in [1.29, 1.82) is 5.26 Å². The number of hydrogen-bond donors (Lipinski definition) is 1. The van der Waals surface area contributed by atoms with Crippen molar-refractivity contribution in [2.45, 2.75) is 19.3 Å². The molecule has 1 aromatic rings. The molecule has 0 radical (unpaired) electrons. The Morgan fingerprint density at radius 1 is 1.14 bits per heavy atom. The Morgan fingerprint density at radius 2 is 1.90 bits per heavy atom. The molecule has 1 heterocycles. The van der Waals surface area contributed by atoms with Crippen molar-refractivity contribution in [2.24, 2.45) is 0 Å². The first-order valence-corrected chi connectivity index (χ1v) is 7.90. The van der Waals surface area contributed by atoms with E-state index in [2.05, 4.69) is 15.9 Å². The van der Waals surface area contributed by atoms with Gasteiger partial charge < -0.3 is 10.0 Å². The quantitative estimate of drug-likeness (QED) is 0.820. The van der Waals surface area contributed by atoms with E-state index >= 15 is 0 Å². The van der Waals surface area contributed by atoms with E-state index < -0.39 is 0 Å². The molecule has 0 unspecified atom stereocenters. The number of piperazine rings is 1. The third kappa shape index (κ3) is 4.60. The van der Waals surface area contributed by atoms with Crippen LogP contribution < -0.4 is 4.90 Å². The maximum absolute atomic E-state index is 8.87. The number of aliphatic hydroxyl groups is 1. The summed E-state index contributed by atoms with van der Waals surface area (Å²) in [5.74, 6) is 0. The minimum Gasteiger partial charge on any atom is -0.396 e. The Morgan fingerprint density at radius 3 is 2.52 bits per heavy atom. The van der Waals surface area contributed by atoms with Gasteiger partial charge >= 0.3 is 0 Å². The van der Waals surface area contributed by atoms with Crippen LogP contribution in [0.3, 0.4) is 0 Å². The van der Waals surface area contributed by atoms with E-state index in [4.69, 9.17) is 22.0 Å². The summed E-state index contributed by atoms with van der Waals surface area (Å²) in [6.07, 6.45) is 3.15. The summed E-state index contributed by atoms with van der Waals surface area (Å²) in [5, 5.41) is 18.3. The van der Waals surface area contributed by atoms with Crippen molar-refractivity contribution in [3.8, 4) is 6.07 Å². The molecule has 4 nitrogen and oxygen atoms in total. The Balaban J connectivity index is 1.82. The second-order valence-electron chi connectivity index (χ2n) is 5.39. The zero-order chi connectivity index (χ0) is 15.1. The standard InChI is InChI=1S/C16H22ClN3O/c17-15-12-14(13-18)4-5-16(15)20-9-7-19(8-10-20)6-2-1-3-11-21/h4-5,12,21H,1-3,6-11H2. The number of anilines is 1. The van der Waals surface area contributed by atoms with Gasteiger partial charge in [0.1, 0.15) is 0 Å². The van der Waals surface area contributed by atoms with Gasteiger partial charge in [-0.1, -0.05) is 11.6 Å². The van der Waals surface area contributed by atoms with Crippen LogP contribution in [-0.2, 0) is 0 Å². The van der Waals surface area contributed by atoms with Crippen LogP contribution in [0.15, 0.2) is 18.2 Å². The van der Waals surface area contributed by atoms with E-state index in [1.807, 2.05) is 12.1 Å². The first-order chi connectivity index (χ1) is 10.2. The highest BCUT2D eigenvalue weighted by atomic mass is 35.5. The molecule has 0 spiro atoms. The van der Waals surface area contributed by atoms with Crippen molar-refractivity contribution < 1.29 is 5.11 Å². The predicted molar refractivity (Wildman–Crippen MR) is 85.8 cm³/mol. The van der Waals surface area contributed by atoms with Gasteiger partial charge in [-0.2, -0.15) is 5.26 Å². The normalized spacial score (nSPS) is 16.0. The summed E-state index contributed by atoms with van der Waals surface area (Å²) in [6, 6.07) is 7.61. The molecule has 1 fully saturated rings. The molecule has 0 saturated carbocycles. The molecular weight excluding hydrogens is 286 g/mol. The van der Waals surface area contributed by atoms with Gasteiger partial charge in [-0.25, -0.2) is 0 Å². The number of hydrogen-bond acceptors (Lipinski definition) is 4.